The Morgan fingerprint density at radius 1 is 1.33 bits per heavy atom. The molecule has 21 heavy (non-hydrogen) atoms. The fourth-order valence-electron chi connectivity index (χ4n) is 1.28. The lowest BCUT2D eigenvalue weighted by Crippen LogP contribution is -2.30. The van der Waals surface area contributed by atoms with Crippen molar-refractivity contribution in [3.8, 4) is 11.5 Å². The molecule has 0 heterocycles. The van der Waals surface area contributed by atoms with Gasteiger partial charge in [0.15, 0.2) is 0 Å². The lowest BCUT2D eigenvalue weighted by Gasteiger charge is -2.10. The molecule has 4 N–H and O–H groups in total. The van der Waals surface area contributed by atoms with Crippen LogP contribution in [0, 0.1) is 0 Å². The van der Waals surface area contributed by atoms with Crippen LogP contribution in [0.25, 0.3) is 0 Å². The van der Waals surface area contributed by atoms with Crippen molar-refractivity contribution >= 4 is 22.0 Å². The predicted octanol–water partition coefficient (Wildman–Crippen LogP) is -0.607. The minimum Gasteiger partial charge on any atom is -0.495 e. The fraction of sp³-hybridized carbons (Fsp3) is 0.0909. The van der Waals surface area contributed by atoms with E-state index in [1.165, 1.54) is 19.2 Å². The Kier molecular flexibility index (Phi) is 5.41. The monoisotopic (exact) mass is 316 g/mol. The Hall–Kier alpha value is -2.43. The summed E-state index contributed by atoms with van der Waals surface area (Å²) in [5.41, 5.74) is 0. The van der Waals surface area contributed by atoms with E-state index >= 15 is 0 Å². The zero-order chi connectivity index (χ0) is 16.0. The third-order valence-corrected chi connectivity index (χ3v) is 3.37. The van der Waals surface area contributed by atoms with E-state index in [9.17, 15) is 18.0 Å². The topological polar surface area (TPSA) is 145 Å². The summed E-state index contributed by atoms with van der Waals surface area (Å²) < 4.78 is 33.0. The maximum Gasteiger partial charge on any atom is 0.336 e. The van der Waals surface area contributed by atoms with E-state index in [4.69, 9.17) is 20.4 Å². The normalized spacial score (nSPS) is 11.3. The molecule has 0 aliphatic rings. The quantitative estimate of drug-likeness (QED) is 0.207. The van der Waals surface area contributed by atoms with Crippen LogP contribution in [0.4, 0.5) is 0 Å². The molecule has 1 rings (SSSR count). The van der Waals surface area contributed by atoms with E-state index in [0.29, 0.717) is 12.2 Å². The van der Waals surface area contributed by atoms with Crippen molar-refractivity contribution in [1.82, 2.24) is 4.83 Å². The number of aliphatic carboxylic acids is 1. The van der Waals surface area contributed by atoms with Crippen molar-refractivity contribution in [3.05, 3.63) is 30.4 Å². The summed E-state index contributed by atoms with van der Waals surface area (Å²) in [7, 11) is -2.77. The van der Waals surface area contributed by atoms with Gasteiger partial charge in [0.05, 0.1) is 7.11 Å². The maximum atomic E-state index is 11.7. The van der Waals surface area contributed by atoms with Gasteiger partial charge in [0.25, 0.3) is 10.0 Å². The number of rotatable bonds is 6. The number of carboxylic acid groups (broad SMARTS) is 1. The number of sulfonamides is 1. The lowest BCUT2D eigenvalue weighted by atomic mass is 10.3. The molecule has 0 unspecified atom stereocenters. The van der Waals surface area contributed by atoms with Gasteiger partial charge in [-0.2, -0.15) is 0 Å². The minimum absolute atomic E-state index is 0.00572. The minimum atomic E-state index is -4.03. The van der Waals surface area contributed by atoms with Crippen LogP contribution in [-0.4, -0.2) is 32.6 Å². The second-order valence-electron chi connectivity index (χ2n) is 3.53. The van der Waals surface area contributed by atoms with Gasteiger partial charge in [0.1, 0.15) is 16.4 Å². The van der Waals surface area contributed by atoms with Crippen LogP contribution in [0.5, 0.6) is 11.5 Å². The van der Waals surface area contributed by atoms with Crippen molar-refractivity contribution in [2.24, 2.45) is 5.84 Å². The number of hydrogen-bond acceptors (Lipinski definition) is 7. The third kappa shape index (κ3) is 4.56. The number of esters is 1. The van der Waals surface area contributed by atoms with E-state index in [0.717, 1.165) is 6.07 Å². The van der Waals surface area contributed by atoms with E-state index < -0.39 is 22.0 Å². The first-order valence-electron chi connectivity index (χ1n) is 5.33. The first kappa shape index (κ1) is 16.6. The van der Waals surface area contributed by atoms with Crippen LogP contribution in [-0.2, 0) is 19.6 Å². The first-order valence-corrected chi connectivity index (χ1v) is 6.81. The summed E-state index contributed by atoms with van der Waals surface area (Å²) in [6, 6.07) is 3.55. The molecule has 0 aromatic heterocycles. The number of nitrogens with one attached hydrogen (secondary N) is 1. The Labute approximate surface area is 120 Å². The van der Waals surface area contributed by atoms with E-state index in [1.54, 1.807) is 4.83 Å². The van der Waals surface area contributed by atoms with Crippen molar-refractivity contribution < 1.29 is 32.6 Å². The molecule has 0 aliphatic carbocycles. The SMILES string of the molecule is COc1ccc(OC(=O)/C=C\C(=O)O)cc1S(=O)(=O)NN. The number of carbonyl (C=O) groups excluding carboxylic acids is 1. The Bertz CT molecular complexity index is 682. The number of hydrazine groups is 1. The Balaban J connectivity index is 3.09. The van der Waals surface area contributed by atoms with Gasteiger partial charge in [-0.3, -0.25) is 5.84 Å². The number of ether oxygens (including phenoxy) is 2. The summed E-state index contributed by atoms with van der Waals surface area (Å²) in [5, 5.41) is 8.37. The molecule has 0 atom stereocenters. The molecule has 0 bridgehead atoms. The van der Waals surface area contributed by atoms with Crippen LogP contribution in [0.15, 0.2) is 35.2 Å². The van der Waals surface area contributed by atoms with Gasteiger partial charge >= 0.3 is 11.9 Å². The summed E-state index contributed by atoms with van der Waals surface area (Å²) in [6.07, 6.45) is 1.27. The zero-order valence-corrected chi connectivity index (χ0v) is 11.6. The van der Waals surface area contributed by atoms with Gasteiger partial charge in [0.2, 0.25) is 0 Å². The van der Waals surface area contributed by atoms with Crippen molar-refractivity contribution in [2.45, 2.75) is 4.90 Å². The molecule has 0 fully saturated rings. The number of nitrogens with two attached hydrogens (primary N) is 1. The highest BCUT2D eigenvalue weighted by Gasteiger charge is 2.19. The summed E-state index contributed by atoms with van der Waals surface area (Å²) in [5.74, 6) is 2.49. The van der Waals surface area contributed by atoms with Gasteiger partial charge in [-0.15, -0.1) is 4.83 Å². The Morgan fingerprint density at radius 3 is 2.52 bits per heavy atom. The van der Waals surface area contributed by atoms with E-state index in [1.807, 2.05) is 0 Å². The third-order valence-electron chi connectivity index (χ3n) is 2.16. The molecule has 0 radical (unpaired) electrons. The molecule has 1 aromatic carbocycles. The average Bonchev–Trinajstić information content (AvgIpc) is 2.45. The Morgan fingerprint density at radius 2 is 2.00 bits per heavy atom. The lowest BCUT2D eigenvalue weighted by molar-refractivity contribution is -0.133. The second kappa shape index (κ2) is 6.83. The van der Waals surface area contributed by atoms with E-state index in [2.05, 4.69) is 0 Å². The highest BCUT2D eigenvalue weighted by atomic mass is 32.2. The largest absolute Gasteiger partial charge is 0.495 e. The smallest absolute Gasteiger partial charge is 0.336 e. The number of carbonyl (C=O) groups is 2. The van der Waals surface area contributed by atoms with Crippen LogP contribution in [0.1, 0.15) is 0 Å². The highest BCUT2D eigenvalue weighted by molar-refractivity contribution is 7.89. The molecule has 1 aromatic rings. The van der Waals surface area contributed by atoms with Crippen molar-refractivity contribution in [1.29, 1.82) is 0 Å². The summed E-state index contributed by atoms with van der Waals surface area (Å²) in [4.78, 5) is 22.8. The maximum absolute atomic E-state index is 11.7. The molecule has 0 saturated heterocycles. The van der Waals surface area contributed by atoms with Gasteiger partial charge in [0, 0.05) is 18.2 Å². The van der Waals surface area contributed by atoms with Crippen molar-refractivity contribution in [2.75, 3.05) is 7.11 Å². The molecule has 0 spiro atoms. The number of methoxy groups -OCH3 is 1. The van der Waals surface area contributed by atoms with Gasteiger partial charge < -0.3 is 14.6 Å². The molecule has 0 aliphatic heterocycles. The fourth-order valence-corrected chi connectivity index (χ4v) is 2.10. The van der Waals surface area contributed by atoms with Gasteiger partial charge in [-0.1, -0.05) is 0 Å². The van der Waals surface area contributed by atoms with E-state index in [-0.39, 0.29) is 16.4 Å². The number of carboxylic acids is 1. The number of benzene rings is 1. The molecular weight excluding hydrogens is 304 g/mol. The summed E-state index contributed by atoms with van der Waals surface area (Å²) >= 11 is 0. The van der Waals surface area contributed by atoms with Crippen LogP contribution >= 0.6 is 0 Å². The van der Waals surface area contributed by atoms with Crippen LogP contribution < -0.4 is 20.1 Å². The molecule has 0 saturated carbocycles. The second-order valence-corrected chi connectivity index (χ2v) is 5.21. The molecule has 114 valence electrons. The highest BCUT2D eigenvalue weighted by Crippen LogP contribution is 2.27. The number of hydrogen-bond donors (Lipinski definition) is 3. The van der Waals surface area contributed by atoms with Gasteiger partial charge in [-0.25, -0.2) is 18.0 Å². The molecular formula is C11H12N2O7S. The van der Waals surface area contributed by atoms with Crippen molar-refractivity contribution in [3.63, 3.8) is 0 Å². The molecule has 9 nitrogen and oxygen atoms in total. The average molecular weight is 316 g/mol. The van der Waals surface area contributed by atoms with Crippen LogP contribution in [0.2, 0.25) is 0 Å². The van der Waals surface area contributed by atoms with Gasteiger partial charge in [-0.05, 0) is 12.1 Å². The first-order chi connectivity index (χ1) is 9.80. The van der Waals surface area contributed by atoms with Crippen LogP contribution in [0.3, 0.4) is 0 Å². The zero-order valence-electron chi connectivity index (χ0n) is 10.8. The molecule has 10 heteroatoms. The molecule has 0 amide bonds. The predicted molar refractivity (Wildman–Crippen MR) is 69.9 cm³/mol. The standard InChI is InChI=1S/C11H12N2O7S/c1-19-8-3-2-7(6-9(8)21(17,18)13-12)20-11(16)5-4-10(14)15/h2-6,13H,12H2,1H3,(H,14,15)/b5-4-. The summed E-state index contributed by atoms with van der Waals surface area (Å²) in [6.45, 7) is 0.